The Morgan fingerprint density at radius 1 is 1.33 bits per heavy atom. The molecule has 0 fully saturated rings. The fourth-order valence-corrected chi connectivity index (χ4v) is 5.05. The van der Waals surface area contributed by atoms with E-state index < -0.39 is 0 Å². The van der Waals surface area contributed by atoms with Crippen molar-refractivity contribution in [2.75, 3.05) is 20.3 Å². The van der Waals surface area contributed by atoms with Crippen molar-refractivity contribution in [3.63, 3.8) is 0 Å². The van der Waals surface area contributed by atoms with Gasteiger partial charge in [0.2, 0.25) is 0 Å². The van der Waals surface area contributed by atoms with Gasteiger partial charge >= 0.3 is 0 Å². The second-order valence-corrected chi connectivity index (χ2v) is 8.13. The van der Waals surface area contributed by atoms with Crippen molar-refractivity contribution in [3.8, 4) is 0 Å². The van der Waals surface area contributed by atoms with Crippen molar-refractivity contribution in [2.45, 2.75) is 38.3 Å². The highest BCUT2D eigenvalue weighted by atomic mass is 32.1. The predicted molar refractivity (Wildman–Crippen MR) is 110 cm³/mol. The minimum absolute atomic E-state index is 0.0741. The third-order valence-electron chi connectivity index (χ3n) is 5.26. The first-order chi connectivity index (χ1) is 13.3. The van der Waals surface area contributed by atoms with Gasteiger partial charge in [0.1, 0.15) is 4.83 Å². The molecule has 2 heterocycles. The Morgan fingerprint density at radius 2 is 2.19 bits per heavy atom. The molecule has 0 saturated carbocycles. The maximum absolute atomic E-state index is 12.8. The molecule has 1 aliphatic carbocycles. The maximum atomic E-state index is 12.8. The van der Waals surface area contributed by atoms with Crippen LogP contribution in [0, 0.1) is 0 Å². The number of nitrogens with zero attached hydrogens (tertiary/aromatic N) is 2. The van der Waals surface area contributed by atoms with Crippen LogP contribution in [0.2, 0.25) is 0 Å². The number of fused-ring (bicyclic) bond motifs is 3. The number of benzene rings is 1. The molecule has 3 aromatic rings. The molecule has 1 aliphatic rings. The van der Waals surface area contributed by atoms with Gasteiger partial charge in [-0.1, -0.05) is 30.3 Å². The van der Waals surface area contributed by atoms with Crippen LogP contribution < -0.4 is 10.9 Å². The van der Waals surface area contributed by atoms with Crippen LogP contribution in [0.3, 0.4) is 0 Å². The normalized spacial score (nSPS) is 16.6. The van der Waals surface area contributed by atoms with Gasteiger partial charge in [0.25, 0.3) is 5.56 Å². The summed E-state index contributed by atoms with van der Waals surface area (Å²) >= 11 is 1.68. The molecule has 0 aliphatic heterocycles. The Bertz CT molecular complexity index is 965. The van der Waals surface area contributed by atoms with Gasteiger partial charge in [0.15, 0.2) is 0 Å². The summed E-state index contributed by atoms with van der Waals surface area (Å²) in [6.45, 7) is 2.05. The van der Waals surface area contributed by atoms with E-state index in [1.54, 1.807) is 29.3 Å². The molecule has 27 heavy (non-hydrogen) atoms. The van der Waals surface area contributed by atoms with Crippen LogP contribution in [0.1, 0.15) is 22.4 Å². The van der Waals surface area contributed by atoms with Crippen LogP contribution in [0.4, 0.5) is 0 Å². The SMILES string of the molecule is COCCn1cnc2sc3c(c2c1=O)CCC(NCCc1ccccc1)C3. The van der Waals surface area contributed by atoms with E-state index in [9.17, 15) is 4.79 Å². The number of methoxy groups -OCH3 is 1. The molecular weight excluding hydrogens is 358 g/mol. The Labute approximate surface area is 163 Å². The fourth-order valence-electron chi connectivity index (χ4n) is 3.79. The molecule has 1 unspecified atom stereocenters. The molecular formula is C21H25N3O2S. The second-order valence-electron chi connectivity index (χ2n) is 7.05. The first kappa shape index (κ1) is 18.3. The molecule has 4 rings (SSSR count). The highest BCUT2D eigenvalue weighted by molar-refractivity contribution is 7.18. The highest BCUT2D eigenvalue weighted by Gasteiger charge is 2.24. The first-order valence-corrected chi connectivity index (χ1v) is 10.3. The molecule has 0 saturated heterocycles. The van der Waals surface area contributed by atoms with Crippen LogP contribution in [0.15, 0.2) is 41.5 Å². The van der Waals surface area contributed by atoms with E-state index >= 15 is 0 Å². The first-order valence-electron chi connectivity index (χ1n) is 9.52. The summed E-state index contributed by atoms with van der Waals surface area (Å²) in [5.74, 6) is 0. The summed E-state index contributed by atoms with van der Waals surface area (Å²) in [7, 11) is 1.65. The summed E-state index contributed by atoms with van der Waals surface area (Å²) in [6.07, 6.45) is 5.70. The minimum Gasteiger partial charge on any atom is -0.383 e. The fraction of sp³-hybridized carbons (Fsp3) is 0.429. The van der Waals surface area contributed by atoms with Gasteiger partial charge in [-0.3, -0.25) is 9.36 Å². The van der Waals surface area contributed by atoms with Gasteiger partial charge in [-0.2, -0.15) is 0 Å². The highest BCUT2D eigenvalue weighted by Crippen LogP contribution is 2.33. The number of nitrogens with one attached hydrogen (secondary N) is 1. The van der Waals surface area contributed by atoms with Gasteiger partial charge in [0, 0.05) is 18.0 Å². The molecule has 6 heteroatoms. The minimum atomic E-state index is 0.0741. The Morgan fingerprint density at radius 3 is 3.00 bits per heavy atom. The topological polar surface area (TPSA) is 56.2 Å². The summed E-state index contributed by atoms with van der Waals surface area (Å²) < 4.78 is 6.77. The van der Waals surface area contributed by atoms with E-state index in [1.165, 1.54) is 16.0 Å². The Kier molecular flexibility index (Phi) is 5.66. The maximum Gasteiger partial charge on any atom is 0.262 e. The van der Waals surface area contributed by atoms with Gasteiger partial charge in [-0.15, -0.1) is 11.3 Å². The third kappa shape index (κ3) is 3.98. The number of hydrogen-bond donors (Lipinski definition) is 1. The molecule has 142 valence electrons. The number of aromatic nitrogens is 2. The lowest BCUT2D eigenvalue weighted by Gasteiger charge is -2.23. The van der Waals surface area contributed by atoms with E-state index in [-0.39, 0.29) is 5.56 Å². The molecule has 1 atom stereocenters. The Hall–Kier alpha value is -2.02. The number of aryl methyl sites for hydroxylation is 1. The van der Waals surface area contributed by atoms with Crippen molar-refractivity contribution >= 4 is 21.6 Å². The standard InChI is InChI=1S/C21H25N3O2S/c1-26-12-11-24-14-23-20-19(21(24)25)17-8-7-16(13-18(17)27-20)22-10-9-15-5-3-2-4-6-15/h2-6,14,16,22H,7-13H2,1H3. The van der Waals surface area contributed by atoms with Crippen LogP contribution in [-0.2, 0) is 30.5 Å². The van der Waals surface area contributed by atoms with Crippen molar-refractivity contribution in [3.05, 3.63) is 63.0 Å². The van der Waals surface area contributed by atoms with Crippen molar-refractivity contribution < 1.29 is 4.74 Å². The lowest BCUT2D eigenvalue weighted by molar-refractivity contribution is 0.186. The van der Waals surface area contributed by atoms with Crippen LogP contribution in [0.25, 0.3) is 10.2 Å². The summed E-state index contributed by atoms with van der Waals surface area (Å²) in [4.78, 5) is 19.6. The van der Waals surface area contributed by atoms with E-state index in [2.05, 4.69) is 40.6 Å². The number of hydrogen-bond acceptors (Lipinski definition) is 5. The van der Waals surface area contributed by atoms with E-state index in [4.69, 9.17) is 4.74 Å². The molecule has 5 nitrogen and oxygen atoms in total. The Balaban J connectivity index is 1.46. The van der Waals surface area contributed by atoms with E-state index in [0.717, 1.165) is 42.4 Å². The lowest BCUT2D eigenvalue weighted by atomic mass is 9.93. The molecule has 1 N–H and O–H groups in total. The quantitative estimate of drug-likeness (QED) is 0.682. The summed E-state index contributed by atoms with van der Waals surface area (Å²) in [6, 6.07) is 11.1. The lowest BCUT2D eigenvalue weighted by Crippen LogP contribution is -2.35. The molecule has 0 radical (unpaired) electrons. The number of ether oxygens (including phenoxy) is 1. The number of thiophene rings is 1. The van der Waals surface area contributed by atoms with E-state index in [1.807, 2.05) is 0 Å². The van der Waals surface area contributed by atoms with Gasteiger partial charge < -0.3 is 10.1 Å². The molecule has 0 bridgehead atoms. The molecule has 2 aromatic heterocycles. The molecule has 0 spiro atoms. The van der Waals surface area contributed by atoms with Crippen LogP contribution >= 0.6 is 11.3 Å². The van der Waals surface area contributed by atoms with Crippen molar-refractivity contribution in [1.29, 1.82) is 0 Å². The average molecular weight is 384 g/mol. The zero-order chi connectivity index (χ0) is 18.6. The largest absolute Gasteiger partial charge is 0.383 e. The van der Waals surface area contributed by atoms with Gasteiger partial charge in [0.05, 0.1) is 24.9 Å². The average Bonchev–Trinajstić information content (AvgIpc) is 3.07. The monoisotopic (exact) mass is 383 g/mol. The third-order valence-corrected chi connectivity index (χ3v) is 6.42. The number of rotatable bonds is 7. The predicted octanol–water partition coefficient (Wildman–Crippen LogP) is 2.79. The summed E-state index contributed by atoms with van der Waals surface area (Å²) in [5, 5.41) is 4.53. The molecule has 0 amide bonds. The zero-order valence-corrected chi connectivity index (χ0v) is 16.4. The smallest absolute Gasteiger partial charge is 0.262 e. The van der Waals surface area contributed by atoms with Gasteiger partial charge in [-0.25, -0.2) is 4.98 Å². The second kappa shape index (κ2) is 8.33. The summed E-state index contributed by atoms with van der Waals surface area (Å²) in [5.41, 5.74) is 2.66. The van der Waals surface area contributed by atoms with Crippen molar-refractivity contribution in [1.82, 2.24) is 14.9 Å². The molecule has 1 aromatic carbocycles. The van der Waals surface area contributed by atoms with Crippen LogP contribution in [0.5, 0.6) is 0 Å². The van der Waals surface area contributed by atoms with Gasteiger partial charge in [-0.05, 0) is 43.4 Å². The zero-order valence-electron chi connectivity index (χ0n) is 15.6. The van der Waals surface area contributed by atoms with E-state index in [0.29, 0.717) is 19.2 Å². The van der Waals surface area contributed by atoms with Crippen LogP contribution in [-0.4, -0.2) is 35.9 Å². The van der Waals surface area contributed by atoms with Crippen molar-refractivity contribution in [2.24, 2.45) is 0 Å².